The fraction of sp³-hybridized carbons (Fsp3) is 0.684. The van der Waals surface area contributed by atoms with Crippen LogP contribution in [0.25, 0.3) is 0 Å². The van der Waals surface area contributed by atoms with E-state index in [0.717, 1.165) is 25.5 Å². The maximum Gasteiger partial charge on any atom is 0.130 e. The molecule has 1 aliphatic rings. The molecule has 1 saturated heterocycles. The highest BCUT2D eigenvalue weighted by molar-refractivity contribution is 5.18. The van der Waals surface area contributed by atoms with Gasteiger partial charge in [-0.25, -0.2) is 8.78 Å². The quantitative estimate of drug-likeness (QED) is 0.776. The second kappa shape index (κ2) is 9.03. The molecule has 2 rings (SSSR count). The molecule has 1 N–H and O–H groups in total. The van der Waals surface area contributed by atoms with Crippen LogP contribution in [0.4, 0.5) is 8.78 Å². The zero-order valence-corrected chi connectivity index (χ0v) is 15.3. The molecule has 1 aromatic rings. The van der Waals surface area contributed by atoms with Crippen molar-refractivity contribution in [1.29, 1.82) is 0 Å². The average molecular weight is 357 g/mol. The molecule has 0 saturated carbocycles. The van der Waals surface area contributed by atoms with E-state index < -0.39 is 17.7 Å². The van der Waals surface area contributed by atoms with E-state index in [4.69, 9.17) is 9.47 Å². The predicted octanol–water partition coefficient (Wildman–Crippen LogP) is 3.12. The van der Waals surface area contributed by atoms with E-state index in [0.29, 0.717) is 25.2 Å². The normalized spacial score (nSPS) is 19.6. The molecule has 0 amide bonds. The molecule has 1 aromatic carbocycles. The molecule has 0 aromatic heterocycles. The standard InChI is InChI=1S/C19H29F2NO3/c1-19(2,3)25-13-16(23)11-22(12-17-5-4-8-24-17)10-14-6-7-15(20)9-18(14)21/h6-7,9,16-17,23H,4-5,8,10-13H2,1-3H3. The van der Waals surface area contributed by atoms with Gasteiger partial charge in [0.2, 0.25) is 0 Å². The summed E-state index contributed by atoms with van der Waals surface area (Å²) in [5.41, 5.74) is 0.0759. The number of aliphatic hydroxyl groups excluding tert-OH is 1. The van der Waals surface area contributed by atoms with E-state index in [-0.39, 0.29) is 18.3 Å². The monoisotopic (exact) mass is 357 g/mol. The molecular weight excluding hydrogens is 328 g/mol. The molecular formula is C19H29F2NO3. The molecule has 2 atom stereocenters. The number of rotatable bonds is 8. The van der Waals surface area contributed by atoms with Crippen LogP contribution in [0.3, 0.4) is 0 Å². The number of hydrogen-bond donors (Lipinski definition) is 1. The van der Waals surface area contributed by atoms with Crippen molar-refractivity contribution in [2.45, 2.75) is 58.0 Å². The van der Waals surface area contributed by atoms with Gasteiger partial charge in [0.25, 0.3) is 0 Å². The molecule has 2 unspecified atom stereocenters. The van der Waals surface area contributed by atoms with Crippen LogP contribution in [-0.4, -0.2) is 54.1 Å². The summed E-state index contributed by atoms with van der Waals surface area (Å²) in [6.45, 7) is 7.96. The van der Waals surface area contributed by atoms with E-state index in [1.165, 1.54) is 12.1 Å². The van der Waals surface area contributed by atoms with Gasteiger partial charge in [0.05, 0.1) is 24.4 Å². The zero-order chi connectivity index (χ0) is 18.4. The van der Waals surface area contributed by atoms with E-state index in [9.17, 15) is 13.9 Å². The molecule has 1 aliphatic heterocycles. The largest absolute Gasteiger partial charge is 0.389 e. The van der Waals surface area contributed by atoms with Gasteiger partial charge < -0.3 is 14.6 Å². The topological polar surface area (TPSA) is 41.9 Å². The van der Waals surface area contributed by atoms with Crippen LogP contribution in [0.15, 0.2) is 18.2 Å². The van der Waals surface area contributed by atoms with Gasteiger partial charge in [0.15, 0.2) is 0 Å². The Morgan fingerprint density at radius 3 is 2.72 bits per heavy atom. The Morgan fingerprint density at radius 1 is 1.36 bits per heavy atom. The first-order valence-corrected chi connectivity index (χ1v) is 8.83. The minimum atomic E-state index is -0.691. The van der Waals surface area contributed by atoms with Gasteiger partial charge in [-0.3, -0.25) is 4.90 Å². The van der Waals surface area contributed by atoms with Crippen molar-refractivity contribution in [2.75, 3.05) is 26.3 Å². The number of benzene rings is 1. The van der Waals surface area contributed by atoms with Crippen molar-refractivity contribution in [1.82, 2.24) is 4.90 Å². The molecule has 142 valence electrons. The van der Waals surface area contributed by atoms with E-state index in [2.05, 4.69) is 0 Å². The summed E-state index contributed by atoms with van der Waals surface area (Å²) in [5.74, 6) is -1.16. The Kier molecular flexibility index (Phi) is 7.31. The summed E-state index contributed by atoms with van der Waals surface area (Å²) >= 11 is 0. The molecule has 0 aliphatic carbocycles. The molecule has 25 heavy (non-hydrogen) atoms. The molecule has 1 fully saturated rings. The minimum Gasteiger partial charge on any atom is -0.389 e. The van der Waals surface area contributed by atoms with E-state index >= 15 is 0 Å². The Hall–Kier alpha value is -1.08. The summed E-state index contributed by atoms with van der Waals surface area (Å²) in [7, 11) is 0. The number of ether oxygens (including phenoxy) is 2. The number of hydrogen-bond acceptors (Lipinski definition) is 4. The van der Waals surface area contributed by atoms with Gasteiger partial charge in [0.1, 0.15) is 11.6 Å². The van der Waals surface area contributed by atoms with Crippen molar-refractivity contribution >= 4 is 0 Å². The minimum absolute atomic E-state index is 0.0826. The van der Waals surface area contributed by atoms with Crippen LogP contribution in [0.1, 0.15) is 39.2 Å². The van der Waals surface area contributed by atoms with Gasteiger partial charge in [0, 0.05) is 37.9 Å². The molecule has 0 radical (unpaired) electrons. The number of halogens is 2. The second-order valence-electron chi connectivity index (χ2n) is 7.64. The van der Waals surface area contributed by atoms with Crippen molar-refractivity contribution in [3.63, 3.8) is 0 Å². The maximum absolute atomic E-state index is 14.0. The molecule has 4 nitrogen and oxygen atoms in total. The van der Waals surface area contributed by atoms with Crippen molar-refractivity contribution in [2.24, 2.45) is 0 Å². The summed E-state index contributed by atoms with van der Waals surface area (Å²) in [4.78, 5) is 1.95. The fourth-order valence-electron chi connectivity index (χ4n) is 2.87. The second-order valence-corrected chi connectivity index (χ2v) is 7.64. The highest BCUT2D eigenvalue weighted by Gasteiger charge is 2.23. The first-order valence-electron chi connectivity index (χ1n) is 8.83. The first kappa shape index (κ1) is 20.2. The third-order valence-electron chi connectivity index (χ3n) is 4.07. The SMILES string of the molecule is CC(C)(C)OCC(O)CN(Cc1ccc(F)cc1F)CC1CCCO1. The van der Waals surface area contributed by atoms with E-state index in [1.54, 1.807) is 0 Å². The van der Waals surface area contributed by atoms with Crippen molar-refractivity contribution in [3.8, 4) is 0 Å². The van der Waals surface area contributed by atoms with Crippen LogP contribution in [0.2, 0.25) is 0 Å². The lowest BCUT2D eigenvalue weighted by molar-refractivity contribution is -0.0595. The van der Waals surface area contributed by atoms with Crippen LogP contribution >= 0.6 is 0 Å². The smallest absolute Gasteiger partial charge is 0.130 e. The summed E-state index contributed by atoms with van der Waals surface area (Å²) in [5, 5.41) is 10.3. The van der Waals surface area contributed by atoms with E-state index in [1.807, 2.05) is 25.7 Å². The lowest BCUT2D eigenvalue weighted by Crippen LogP contribution is -2.40. The Bertz CT molecular complexity index is 542. The summed E-state index contributed by atoms with van der Waals surface area (Å²) in [6, 6.07) is 3.59. The van der Waals surface area contributed by atoms with Gasteiger partial charge in [-0.15, -0.1) is 0 Å². The third kappa shape index (κ3) is 7.36. The molecule has 1 heterocycles. The van der Waals surface area contributed by atoms with Crippen LogP contribution < -0.4 is 0 Å². The third-order valence-corrected chi connectivity index (χ3v) is 4.07. The highest BCUT2D eigenvalue weighted by atomic mass is 19.1. The molecule has 0 spiro atoms. The van der Waals surface area contributed by atoms with Gasteiger partial charge >= 0.3 is 0 Å². The summed E-state index contributed by atoms with van der Waals surface area (Å²) < 4.78 is 38.4. The number of aliphatic hydroxyl groups is 1. The van der Waals surface area contributed by atoms with Gasteiger partial charge in [-0.1, -0.05) is 6.07 Å². The Balaban J connectivity index is 1.98. The van der Waals surface area contributed by atoms with Gasteiger partial charge in [-0.2, -0.15) is 0 Å². The maximum atomic E-state index is 14.0. The predicted molar refractivity (Wildman–Crippen MR) is 92.3 cm³/mol. The summed E-state index contributed by atoms with van der Waals surface area (Å²) in [6.07, 6.45) is 1.36. The van der Waals surface area contributed by atoms with Crippen LogP contribution in [0.5, 0.6) is 0 Å². The highest BCUT2D eigenvalue weighted by Crippen LogP contribution is 2.18. The average Bonchev–Trinajstić information content (AvgIpc) is 3.00. The van der Waals surface area contributed by atoms with Crippen molar-refractivity contribution in [3.05, 3.63) is 35.4 Å². The zero-order valence-electron chi connectivity index (χ0n) is 15.3. The molecule has 6 heteroatoms. The molecule has 0 bridgehead atoms. The van der Waals surface area contributed by atoms with Gasteiger partial charge in [-0.05, 0) is 39.7 Å². The lowest BCUT2D eigenvalue weighted by atomic mass is 10.1. The van der Waals surface area contributed by atoms with Crippen LogP contribution in [0, 0.1) is 11.6 Å². The Labute approximate surface area is 148 Å². The number of nitrogens with zero attached hydrogens (tertiary/aromatic N) is 1. The lowest BCUT2D eigenvalue weighted by Gasteiger charge is -2.29. The Morgan fingerprint density at radius 2 is 2.12 bits per heavy atom. The first-order chi connectivity index (χ1) is 11.7. The van der Waals surface area contributed by atoms with Crippen molar-refractivity contribution < 1.29 is 23.4 Å². The van der Waals surface area contributed by atoms with Crippen LogP contribution in [-0.2, 0) is 16.0 Å². The fourth-order valence-corrected chi connectivity index (χ4v) is 2.87.